The first-order valence-corrected chi connectivity index (χ1v) is 6.61. The number of carbonyl (C=O) groups is 1. The smallest absolute Gasteiger partial charge is 0.252 e. The van der Waals surface area contributed by atoms with Gasteiger partial charge in [-0.15, -0.1) is 0 Å². The molecule has 4 N–H and O–H groups in total. The molecule has 6 nitrogen and oxygen atoms in total. The number of pyridine rings is 1. The average molecular weight is 263 g/mol. The van der Waals surface area contributed by atoms with Crippen LogP contribution < -0.4 is 16.4 Å². The Balaban J connectivity index is 1.91. The van der Waals surface area contributed by atoms with Crippen molar-refractivity contribution in [3.05, 3.63) is 23.4 Å². The number of aryl methyl sites for hydroxylation is 1. The van der Waals surface area contributed by atoms with Crippen molar-refractivity contribution >= 4 is 11.7 Å². The van der Waals surface area contributed by atoms with Gasteiger partial charge in [-0.25, -0.2) is 4.98 Å². The van der Waals surface area contributed by atoms with Gasteiger partial charge in [0.15, 0.2) is 0 Å². The number of nitrogens with two attached hydrogens (primary N) is 1. The fourth-order valence-corrected chi connectivity index (χ4v) is 2.16. The minimum atomic E-state index is -0.447. The van der Waals surface area contributed by atoms with Gasteiger partial charge in [-0.05, 0) is 19.1 Å². The van der Waals surface area contributed by atoms with Crippen LogP contribution in [0.25, 0.3) is 0 Å². The Kier molecular flexibility index (Phi) is 4.70. The third-order valence-corrected chi connectivity index (χ3v) is 3.23. The SMILES string of the molecule is Cc1ccc(C(N)=O)c(NCCN2CCNCC2)n1. The highest BCUT2D eigenvalue weighted by Crippen LogP contribution is 2.12. The number of piperazine rings is 1. The molecule has 1 aliphatic heterocycles. The average Bonchev–Trinajstić information content (AvgIpc) is 2.39. The molecule has 0 bridgehead atoms. The Morgan fingerprint density at radius 1 is 1.47 bits per heavy atom. The first-order chi connectivity index (χ1) is 9.16. The van der Waals surface area contributed by atoms with E-state index in [1.807, 2.05) is 6.92 Å². The van der Waals surface area contributed by atoms with Gasteiger partial charge in [0.05, 0.1) is 5.56 Å². The van der Waals surface area contributed by atoms with Crippen LogP contribution >= 0.6 is 0 Å². The van der Waals surface area contributed by atoms with Crippen LogP contribution in [0.15, 0.2) is 12.1 Å². The summed E-state index contributed by atoms with van der Waals surface area (Å²) < 4.78 is 0. The summed E-state index contributed by atoms with van der Waals surface area (Å²) in [5, 5.41) is 6.53. The van der Waals surface area contributed by atoms with E-state index in [1.54, 1.807) is 12.1 Å². The number of carbonyl (C=O) groups excluding carboxylic acids is 1. The summed E-state index contributed by atoms with van der Waals surface area (Å²) in [4.78, 5) is 18.0. The van der Waals surface area contributed by atoms with Crippen molar-refractivity contribution in [3.8, 4) is 0 Å². The number of nitrogens with one attached hydrogen (secondary N) is 2. The summed E-state index contributed by atoms with van der Waals surface area (Å²) in [5.41, 5.74) is 6.66. The standard InChI is InChI=1S/C13H21N5O/c1-10-2-3-11(12(14)19)13(17-10)16-6-9-18-7-4-15-5-8-18/h2-3,15H,4-9H2,1H3,(H2,14,19)(H,16,17). The molecule has 1 fully saturated rings. The number of rotatable bonds is 5. The Labute approximate surface area is 113 Å². The Bertz CT molecular complexity index is 443. The van der Waals surface area contributed by atoms with Crippen LogP contribution in [0.2, 0.25) is 0 Å². The summed E-state index contributed by atoms with van der Waals surface area (Å²) in [6, 6.07) is 3.51. The Hall–Kier alpha value is -1.66. The number of primary amides is 1. The van der Waals surface area contributed by atoms with Gasteiger partial charge < -0.3 is 16.4 Å². The molecule has 19 heavy (non-hydrogen) atoms. The van der Waals surface area contributed by atoms with E-state index < -0.39 is 5.91 Å². The first kappa shape index (κ1) is 13.8. The summed E-state index contributed by atoms with van der Waals surface area (Å²) in [7, 11) is 0. The number of nitrogens with zero attached hydrogens (tertiary/aromatic N) is 2. The highest BCUT2D eigenvalue weighted by molar-refractivity contribution is 5.97. The van der Waals surface area contributed by atoms with E-state index in [0.29, 0.717) is 11.4 Å². The van der Waals surface area contributed by atoms with Crippen molar-refractivity contribution in [3.63, 3.8) is 0 Å². The van der Waals surface area contributed by atoms with Gasteiger partial charge in [-0.2, -0.15) is 0 Å². The number of aromatic nitrogens is 1. The maximum atomic E-state index is 11.3. The molecule has 2 rings (SSSR count). The maximum absolute atomic E-state index is 11.3. The fourth-order valence-electron chi connectivity index (χ4n) is 2.16. The highest BCUT2D eigenvalue weighted by Gasteiger charge is 2.11. The lowest BCUT2D eigenvalue weighted by atomic mass is 10.2. The summed E-state index contributed by atoms with van der Waals surface area (Å²) in [6.45, 7) is 7.79. The Morgan fingerprint density at radius 3 is 2.89 bits per heavy atom. The molecule has 1 saturated heterocycles. The molecular formula is C13H21N5O. The lowest BCUT2D eigenvalue weighted by molar-refractivity contribution is 0.100. The highest BCUT2D eigenvalue weighted by atomic mass is 16.1. The second-order valence-electron chi connectivity index (χ2n) is 4.73. The molecule has 0 spiro atoms. The van der Waals surface area contributed by atoms with E-state index in [2.05, 4.69) is 20.5 Å². The fraction of sp³-hybridized carbons (Fsp3) is 0.538. The van der Waals surface area contributed by atoms with Crippen LogP contribution in [-0.4, -0.2) is 55.1 Å². The first-order valence-electron chi connectivity index (χ1n) is 6.61. The third-order valence-electron chi connectivity index (χ3n) is 3.23. The van der Waals surface area contributed by atoms with Crippen LogP contribution in [0.4, 0.5) is 5.82 Å². The van der Waals surface area contributed by atoms with Crippen LogP contribution in [-0.2, 0) is 0 Å². The van der Waals surface area contributed by atoms with E-state index in [9.17, 15) is 4.79 Å². The quantitative estimate of drug-likeness (QED) is 0.685. The minimum Gasteiger partial charge on any atom is -0.368 e. The summed E-state index contributed by atoms with van der Waals surface area (Å²) >= 11 is 0. The zero-order valence-corrected chi connectivity index (χ0v) is 11.3. The number of hydrogen-bond donors (Lipinski definition) is 3. The van der Waals surface area contributed by atoms with Crippen molar-refractivity contribution in [1.82, 2.24) is 15.2 Å². The largest absolute Gasteiger partial charge is 0.368 e. The number of anilines is 1. The van der Waals surface area contributed by atoms with E-state index >= 15 is 0 Å². The van der Waals surface area contributed by atoms with Gasteiger partial charge >= 0.3 is 0 Å². The van der Waals surface area contributed by atoms with E-state index in [-0.39, 0.29) is 0 Å². The molecule has 0 saturated carbocycles. The zero-order chi connectivity index (χ0) is 13.7. The molecule has 1 aromatic rings. The van der Waals surface area contributed by atoms with Gasteiger partial charge in [0.1, 0.15) is 5.82 Å². The normalized spacial score (nSPS) is 16.3. The van der Waals surface area contributed by atoms with Crippen LogP contribution in [0.5, 0.6) is 0 Å². The molecule has 0 unspecified atom stereocenters. The number of hydrogen-bond acceptors (Lipinski definition) is 5. The van der Waals surface area contributed by atoms with Gasteiger partial charge in [0, 0.05) is 45.0 Å². The minimum absolute atomic E-state index is 0.447. The van der Waals surface area contributed by atoms with Gasteiger partial charge in [0.25, 0.3) is 5.91 Å². The lowest BCUT2D eigenvalue weighted by Gasteiger charge is -2.27. The summed E-state index contributed by atoms with van der Waals surface area (Å²) in [6.07, 6.45) is 0. The molecule has 1 amide bonds. The molecule has 1 aromatic heterocycles. The lowest BCUT2D eigenvalue weighted by Crippen LogP contribution is -2.45. The molecule has 0 atom stereocenters. The molecule has 0 aliphatic carbocycles. The molecule has 0 radical (unpaired) electrons. The van der Waals surface area contributed by atoms with E-state index in [4.69, 9.17) is 5.73 Å². The third kappa shape index (κ3) is 3.90. The van der Waals surface area contributed by atoms with Crippen molar-refractivity contribution in [2.45, 2.75) is 6.92 Å². The Morgan fingerprint density at radius 2 is 2.21 bits per heavy atom. The van der Waals surface area contributed by atoms with Crippen LogP contribution in [0, 0.1) is 6.92 Å². The number of amides is 1. The maximum Gasteiger partial charge on any atom is 0.252 e. The van der Waals surface area contributed by atoms with Crippen molar-refractivity contribution in [2.24, 2.45) is 5.73 Å². The second-order valence-corrected chi connectivity index (χ2v) is 4.73. The van der Waals surface area contributed by atoms with Crippen molar-refractivity contribution in [1.29, 1.82) is 0 Å². The molecule has 104 valence electrons. The molecular weight excluding hydrogens is 242 g/mol. The predicted molar refractivity (Wildman–Crippen MR) is 75.3 cm³/mol. The van der Waals surface area contributed by atoms with Gasteiger partial charge in [-0.1, -0.05) is 0 Å². The predicted octanol–water partition coefficient (Wildman–Crippen LogP) is -0.194. The molecule has 1 aliphatic rings. The van der Waals surface area contributed by atoms with E-state index in [0.717, 1.165) is 45.0 Å². The van der Waals surface area contributed by atoms with E-state index in [1.165, 1.54) is 0 Å². The molecule has 0 aromatic carbocycles. The summed E-state index contributed by atoms with van der Waals surface area (Å²) in [5.74, 6) is 0.139. The monoisotopic (exact) mass is 263 g/mol. The van der Waals surface area contributed by atoms with Gasteiger partial charge in [-0.3, -0.25) is 9.69 Å². The van der Waals surface area contributed by atoms with Gasteiger partial charge in [0.2, 0.25) is 0 Å². The second kappa shape index (κ2) is 6.49. The zero-order valence-electron chi connectivity index (χ0n) is 11.3. The van der Waals surface area contributed by atoms with Crippen molar-refractivity contribution in [2.75, 3.05) is 44.6 Å². The topological polar surface area (TPSA) is 83.3 Å². The van der Waals surface area contributed by atoms with Crippen LogP contribution in [0.3, 0.4) is 0 Å². The molecule has 6 heteroatoms. The van der Waals surface area contributed by atoms with Crippen molar-refractivity contribution < 1.29 is 4.79 Å². The molecule has 2 heterocycles. The van der Waals surface area contributed by atoms with Crippen LogP contribution in [0.1, 0.15) is 16.1 Å².